The van der Waals surface area contributed by atoms with Crippen LogP contribution in [0.25, 0.3) is 0 Å². The second-order valence-electron chi connectivity index (χ2n) is 8.69. The van der Waals surface area contributed by atoms with E-state index >= 15 is 0 Å². The number of ether oxygens (including phenoxy) is 2. The minimum absolute atomic E-state index is 0.160. The second kappa shape index (κ2) is 8.76. The summed E-state index contributed by atoms with van der Waals surface area (Å²) in [6.45, 7) is 7.89. The number of carboxylic acid groups (broad SMARTS) is 1. The summed E-state index contributed by atoms with van der Waals surface area (Å²) in [5.74, 6) is -2.02. The average molecular weight is 426 g/mol. The molecule has 2 fully saturated rings. The van der Waals surface area contributed by atoms with Gasteiger partial charge in [-0.2, -0.15) is 0 Å². The predicted molar refractivity (Wildman–Crippen MR) is 103 cm³/mol. The van der Waals surface area contributed by atoms with Crippen molar-refractivity contribution in [2.75, 3.05) is 0 Å². The van der Waals surface area contributed by atoms with E-state index in [1.807, 2.05) is 6.92 Å². The second-order valence-corrected chi connectivity index (χ2v) is 8.69. The molecule has 0 radical (unpaired) electrons. The van der Waals surface area contributed by atoms with E-state index < -0.39 is 48.7 Å². The molecule has 9 nitrogen and oxygen atoms in total. The average Bonchev–Trinajstić information content (AvgIpc) is 2.87. The van der Waals surface area contributed by atoms with Gasteiger partial charge in [0.15, 0.2) is 6.10 Å². The molecule has 1 saturated heterocycles. The standard InChI is InChI=1S/C21H30O9/c1-8-4-5-11(6-13-10(3)14(22)7-12(8)13)9(2)20(28)30-21-17(25)15(23)16(24)18(29-21)19(26)27/h8,11-12,14-18,21-25H,2,4-7H2,1,3H3,(H,26,27)/t8-,11+,12-,14?,15-,16-,17+,18-,21-/m0/s1. The molecule has 3 aliphatic rings. The molecule has 0 aromatic heterocycles. The van der Waals surface area contributed by atoms with E-state index in [0.29, 0.717) is 25.2 Å². The Balaban J connectivity index is 1.71. The minimum Gasteiger partial charge on any atom is -0.479 e. The molecule has 1 saturated carbocycles. The molecule has 5 N–H and O–H groups in total. The lowest BCUT2D eigenvalue weighted by molar-refractivity contribution is -0.285. The Hall–Kier alpha value is -1.78. The Morgan fingerprint density at radius 1 is 1.10 bits per heavy atom. The first-order valence-electron chi connectivity index (χ1n) is 10.2. The molecule has 30 heavy (non-hydrogen) atoms. The maximum absolute atomic E-state index is 12.7. The van der Waals surface area contributed by atoms with Crippen LogP contribution in [0.4, 0.5) is 0 Å². The summed E-state index contributed by atoms with van der Waals surface area (Å²) in [4.78, 5) is 23.9. The normalized spacial score (nSPS) is 41.7. The number of hydrogen-bond donors (Lipinski definition) is 5. The molecule has 0 aromatic carbocycles. The van der Waals surface area contributed by atoms with Gasteiger partial charge in [-0.25, -0.2) is 9.59 Å². The van der Waals surface area contributed by atoms with E-state index in [-0.39, 0.29) is 17.4 Å². The highest BCUT2D eigenvalue weighted by molar-refractivity contribution is 5.88. The fourth-order valence-corrected chi connectivity index (χ4v) is 4.78. The topological polar surface area (TPSA) is 154 Å². The van der Waals surface area contributed by atoms with Gasteiger partial charge in [-0.15, -0.1) is 0 Å². The van der Waals surface area contributed by atoms with Crippen LogP contribution < -0.4 is 0 Å². The molecule has 9 heteroatoms. The van der Waals surface area contributed by atoms with Crippen molar-refractivity contribution in [1.29, 1.82) is 0 Å². The molecule has 1 heterocycles. The highest BCUT2D eigenvalue weighted by Crippen LogP contribution is 2.46. The van der Waals surface area contributed by atoms with Gasteiger partial charge < -0.3 is 35.0 Å². The van der Waals surface area contributed by atoms with Crippen molar-refractivity contribution >= 4 is 11.9 Å². The van der Waals surface area contributed by atoms with Gasteiger partial charge in [0.1, 0.15) is 18.3 Å². The number of carbonyl (C=O) groups is 2. The van der Waals surface area contributed by atoms with Crippen molar-refractivity contribution in [2.24, 2.45) is 17.8 Å². The van der Waals surface area contributed by atoms with E-state index in [4.69, 9.17) is 14.6 Å². The number of fused-ring (bicyclic) bond motifs is 1. The van der Waals surface area contributed by atoms with Crippen molar-refractivity contribution in [3.8, 4) is 0 Å². The van der Waals surface area contributed by atoms with Crippen molar-refractivity contribution in [3.05, 3.63) is 23.3 Å². The van der Waals surface area contributed by atoms with Gasteiger partial charge in [0, 0.05) is 5.57 Å². The van der Waals surface area contributed by atoms with Gasteiger partial charge in [-0.1, -0.05) is 19.1 Å². The molecule has 2 aliphatic carbocycles. The van der Waals surface area contributed by atoms with Crippen LogP contribution in [0.2, 0.25) is 0 Å². The molecule has 1 unspecified atom stereocenters. The molecular formula is C21H30O9. The molecule has 0 aromatic rings. The highest BCUT2D eigenvalue weighted by atomic mass is 16.7. The van der Waals surface area contributed by atoms with Crippen LogP contribution in [0.5, 0.6) is 0 Å². The Kier molecular flexibility index (Phi) is 6.69. The summed E-state index contributed by atoms with van der Waals surface area (Å²) in [5.41, 5.74) is 2.24. The third-order valence-corrected chi connectivity index (χ3v) is 6.85. The van der Waals surface area contributed by atoms with Crippen LogP contribution in [0.1, 0.15) is 39.5 Å². The van der Waals surface area contributed by atoms with Gasteiger partial charge in [0.25, 0.3) is 0 Å². The fraction of sp³-hybridized carbons (Fsp3) is 0.714. The summed E-state index contributed by atoms with van der Waals surface area (Å²) < 4.78 is 10.1. The zero-order valence-electron chi connectivity index (χ0n) is 17.1. The van der Waals surface area contributed by atoms with Crippen LogP contribution in [0, 0.1) is 17.8 Å². The number of carboxylic acids is 1. The summed E-state index contributed by atoms with van der Waals surface area (Å²) >= 11 is 0. The van der Waals surface area contributed by atoms with Gasteiger partial charge in [0.2, 0.25) is 6.29 Å². The molecule has 0 bridgehead atoms. The molecule has 9 atom stereocenters. The Morgan fingerprint density at radius 2 is 1.77 bits per heavy atom. The predicted octanol–water partition coefficient (Wildman–Crippen LogP) is 0.111. The molecule has 0 amide bonds. The van der Waals surface area contributed by atoms with Crippen LogP contribution in [-0.4, -0.2) is 74.3 Å². The van der Waals surface area contributed by atoms with Crippen molar-refractivity contribution in [1.82, 2.24) is 0 Å². The fourth-order valence-electron chi connectivity index (χ4n) is 4.78. The van der Waals surface area contributed by atoms with Crippen molar-refractivity contribution < 1.29 is 44.6 Å². The minimum atomic E-state index is -1.86. The number of allylic oxidation sites excluding steroid dienone is 1. The maximum Gasteiger partial charge on any atom is 0.336 e. The SMILES string of the molecule is C=C(C(=O)O[C@@H]1O[C@H](C(=O)O)[C@@H](O)[C@H](O)[C@H]1O)[C@@H]1CC[C@H](C)[C@@H]2CC(O)C(C)=C2C1. The van der Waals surface area contributed by atoms with Crippen LogP contribution in [-0.2, 0) is 19.1 Å². The summed E-state index contributed by atoms with van der Waals surface area (Å²) in [5, 5.41) is 49.0. The molecule has 0 spiro atoms. The van der Waals surface area contributed by atoms with Gasteiger partial charge >= 0.3 is 11.9 Å². The maximum atomic E-state index is 12.7. The molecule has 168 valence electrons. The lowest BCUT2D eigenvalue weighted by atomic mass is 9.86. The number of carbonyl (C=O) groups excluding carboxylic acids is 1. The number of aliphatic hydroxyl groups is 4. The quantitative estimate of drug-likeness (QED) is 0.239. The Labute approximate surface area is 174 Å². The molecule has 3 rings (SSSR count). The highest BCUT2D eigenvalue weighted by Gasteiger charge is 2.49. The van der Waals surface area contributed by atoms with Crippen molar-refractivity contribution in [3.63, 3.8) is 0 Å². The number of esters is 1. The third kappa shape index (κ3) is 4.17. The third-order valence-electron chi connectivity index (χ3n) is 6.85. The first-order valence-corrected chi connectivity index (χ1v) is 10.2. The molecule has 1 aliphatic heterocycles. The first kappa shape index (κ1) is 22.9. The number of hydrogen-bond acceptors (Lipinski definition) is 8. The monoisotopic (exact) mass is 426 g/mol. The smallest absolute Gasteiger partial charge is 0.336 e. The van der Waals surface area contributed by atoms with Gasteiger partial charge in [-0.3, -0.25) is 0 Å². The van der Waals surface area contributed by atoms with E-state index in [1.165, 1.54) is 0 Å². The van der Waals surface area contributed by atoms with Gasteiger partial charge in [0.05, 0.1) is 6.10 Å². The van der Waals surface area contributed by atoms with Crippen LogP contribution in [0.15, 0.2) is 23.3 Å². The van der Waals surface area contributed by atoms with Crippen LogP contribution >= 0.6 is 0 Å². The lowest BCUT2D eigenvalue weighted by Crippen LogP contribution is -2.60. The zero-order chi connectivity index (χ0) is 22.3. The number of rotatable bonds is 4. The largest absolute Gasteiger partial charge is 0.479 e. The summed E-state index contributed by atoms with van der Waals surface area (Å²) in [6, 6.07) is 0. The van der Waals surface area contributed by atoms with E-state index in [9.17, 15) is 30.0 Å². The van der Waals surface area contributed by atoms with E-state index in [0.717, 1.165) is 17.6 Å². The first-order chi connectivity index (χ1) is 14.0. The Morgan fingerprint density at radius 3 is 2.40 bits per heavy atom. The van der Waals surface area contributed by atoms with Crippen molar-refractivity contribution in [2.45, 2.75) is 76.3 Å². The number of aliphatic carboxylic acids is 1. The number of aliphatic hydroxyl groups excluding tert-OH is 4. The van der Waals surface area contributed by atoms with Gasteiger partial charge in [-0.05, 0) is 55.9 Å². The summed E-state index contributed by atoms with van der Waals surface area (Å²) in [6.07, 6.45) is -6.78. The zero-order valence-corrected chi connectivity index (χ0v) is 17.1. The van der Waals surface area contributed by atoms with E-state index in [2.05, 4.69) is 13.5 Å². The Bertz CT molecular complexity index is 745. The summed E-state index contributed by atoms with van der Waals surface area (Å²) in [7, 11) is 0. The molecular weight excluding hydrogens is 396 g/mol. The lowest BCUT2D eigenvalue weighted by Gasteiger charge is -2.38. The van der Waals surface area contributed by atoms with Crippen LogP contribution in [0.3, 0.4) is 0 Å². The van der Waals surface area contributed by atoms with E-state index in [1.54, 1.807) is 0 Å².